The zero-order chi connectivity index (χ0) is 22.2. The maximum Gasteiger partial charge on any atom is 0.269 e. The zero-order valence-corrected chi connectivity index (χ0v) is 18.5. The predicted molar refractivity (Wildman–Crippen MR) is 116 cm³/mol. The molecule has 164 valence electrons. The number of morpholine rings is 1. The van der Waals surface area contributed by atoms with Crippen LogP contribution in [0.25, 0.3) is 10.2 Å². The van der Waals surface area contributed by atoms with E-state index < -0.39 is 21.7 Å². The molecular weight excluding hydrogens is 443 g/mol. The third-order valence-corrected chi connectivity index (χ3v) is 7.58. The molecule has 1 amide bonds. The summed E-state index contributed by atoms with van der Waals surface area (Å²) in [5.74, 6) is -0.911. The van der Waals surface area contributed by atoms with E-state index in [1.54, 1.807) is 12.1 Å². The van der Waals surface area contributed by atoms with Gasteiger partial charge in [0.15, 0.2) is 0 Å². The number of sulfonamides is 1. The second-order valence-electron chi connectivity index (χ2n) is 7.29. The monoisotopic (exact) mass is 464 g/mol. The van der Waals surface area contributed by atoms with E-state index in [2.05, 4.69) is 15.8 Å². The lowest BCUT2D eigenvalue weighted by molar-refractivity contribution is -0.0440. The van der Waals surface area contributed by atoms with Crippen molar-refractivity contribution in [2.75, 3.05) is 18.5 Å². The van der Waals surface area contributed by atoms with Gasteiger partial charge in [-0.3, -0.25) is 15.6 Å². The van der Waals surface area contributed by atoms with Crippen molar-refractivity contribution in [3.8, 4) is 0 Å². The lowest BCUT2D eigenvalue weighted by Crippen LogP contribution is -2.48. The third kappa shape index (κ3) is 4.54. The minimum Gasteiger partial charge on any atom is -0.373 e. The molecule has 2 N–H and O–H groups in total. The van der Waals surface area contributed by atoms with Crippen LogP contribution >= 0.6 is 11.3 Å². The Kier molecular flexibility index (Phi) is 5.93. The van der Waals surface area contributed by atoms with Crippen LogP contribution in [0, 0.1) is 5.82 Å². The van der Waals surface area contributed by atoms with Crippen LogP contribution in [0.3, 0.4) is 0 Å². The molecule has 0 unspecified atom stereocenters. The van der Waals surface area contributed by atoms with Gasteiger partial charge in [-0.2, -0.15) is 4.31 Å². The maximum absolute atomic E-state index is 13.7. The Hall–Kier alpha value is -2.60. The SMILES string of the molecule is C[C@@H]1CN(S(=O)(=O)c2ccc(C(=O)NNc3nc4c(F)cccc4s3)cc2)C[C@@H](C)O1. The van der Waals surface area contributed by atoms with Crippen molar-refractivity contribution >= 4 is 42.6 Å². The molecule has 1 aliphatic heterocycles. The fraction of sp³-hybridized carbons (Fsp3) is 0.300. The Morgan fingerprint density at radius 1 is 1.16 bits per heavy atom. The van der Waals surface area contributed by atoms with Crippen LogP contribution < -0.4 is 10.9 Å². The average Bonchev–Trinajstić information content (AvgIpc) is 3.16. The normalized spacial score (nSPS) is 20.0. The number of carbonyl (C=O) groups is 1. The molecule has 0 saturated carbocycles. The molecule has 0 spiro atoms. The summed E-state index contributed by atoms with van der Waals surface area (Å²) in [5.41, 5.74) is 5.65. The molecule has 1 aliphatic rings. The van der Waals surface area contributed by atoms with Gasteiger partial charge in [0, 0.05) is 18.7 Å². The van der Waals surface area contributed by atoms with Gasteiger partial charge in [0.25, 0.3) is 5.91 Å². The largest absolute Gasteiger partial charge is 0.373 e. The second-order valence-corrected chi connectivity index (χ2v) is 10.3. The fourth-order valence-corrected chi connectivity index (χ4v) is 5.83. The standard InChI is InChI=1S/C20H21FN4O4S2/c1-12-10-25(11-13(2)29-12)31(27,28)15-8-6-14(7-9-15)19(26)23-24-20-22-18-16(21)4-3-5-17(18)30-20/h3-9,12-13H,10-11H2,1-2H3,(H,22,24)(H,23,26)/t12-,13-/m1/s1. The number of carbonyl (C=O) groups excluding carboxylic acids is 1. The molecular formula is C20H21FN4O4S2. The Morgan fingerprint density at radius 3 is 2.48 bits per heavy atom. The Bertz CT molecular complexity index is 1200. The van der Waals surface area contributed by atoms with Crippen molar-refractivity contribution in [1.82, 2.24) is 14.7 Å². The summed E-state index contributed by atoms with van der Waals surface area (Å²) in [6.07, 6.45) is -0.378. The van der Waals surface area contributed by atoms with Gasteiger partial charge in [-0.25, -0.2) is 17.8 Å². The lowest BCUT2D eigenvalue weighted by atomic mass is 10.2. The Morgan fingerprint density at radius 2 is 1.84 bits per heavy atom. The predicted octanol–water partition coefficient (Wildman–Crippen LogP) is 2.99. The van der Waals surface area contributed by atoms with Crippen molar-refractivity contribution in [2.45, 2.75) is 31.0 Å². The molecule has 2 heterocycles. The first-order valence-electron chi connectivity index (χ1n) is 9.61. The van der Waals surface area contributed by atoms with Crippen molar-refractivity contribution in [3.63, 3.8) is 0 Å². The number of nitrogens with zero attached hydrogens (tertiary/aromatic N) is 2. The topological polar surface area (TPSA) is 101 Å². The van der Waals surface area contributed by atoms with Gasteiger partial charge in [0.1, 0.15) is 11.3 Å². The number of nitrogens with one attached hydrogen (secondary N) is 2. The van der Waals surface area contributed by atoms with Crippen molar-refractivity contribution < 1.29 is 22.3 Å². The van der Waals surface area contributed by atoms with E-state index in [-0.39, 0.29) is 41.3 Å². The van der Waals surface area contributed by atoms with Crippen LogP contribution in [0.15, 0.2) is 47.4 Å². The van der Waals surface area contributed by atoms with Crippen LogP contribution in [-0.4, -0.2) is 48.9 Å². The number of thiazole rings is 1. The summed E-state index contributed by atoms with van der Waals surface area (Å²) >= 11 is 1.20. The first kappa shape index (κ1) is 21.6. The smallest absolute Gasteiger partial charge is 0.269 e. The molecule has 8 nitrogen and oxygen atoms in total. The molecule has 0 bridgehead atoms. The van der Waals surface area contributed by atoms with Crippen molar-refractivity contribution in [3.05, 3.63) is 53.8 Å². The van der Waals surface area contributed by atoms with Gasteiger partial charge in [-0.05, 0) is 50.2 Å². The molecule has 0 radical (unpaired) electrons. The first-order chi connectivity index (χ1) is 14.7. The van der Waals surface area contributed by atoms with E-state index in [9.17, 15) is 17.6 Å². The van der Waals surface area contributed by atoms with Crippen molar-refractivity contribution in [2.24, 2.45) is 0 Å². The molecule has 1 aromatic heterocycles. The van der Waals surface area contributed by atoms with Gasteiger partial charge in [0.2, 0.25) is 15.2 Å². The number of hydrogen-bond acceptors (Lipinski definition) is 7. The number of aromatic nitrogens is 1. The number of halogens is 1. The summed E-state index contributed by atoms with van der Waals surface area (Å²) in [6, 6.07) is 10.3. The molecule has 1 saturated heterocycles. The van der Waals surface area contributed by atoms with E-state index >= 15 is 0 Å². The van der Waals surface area contributed by atoms with Gasteiger partial charge < -0.3 is 4.74 Å². The molecule has 11 heteroatoms. The number of anilines is 1. The van der Waals surface area contributed by atoms with Gasteiger partial charge in [0.05, 0.1) is 21.8 Å². The van der Waals surface area contributed by atoms with E-state index in [0.717, 1.165) is 0 Å². The van der Waals surface area contributed by atoms with E-state index in [0.29, 0.717) is 9.83 Å². The molecule has 3 aromatic rings. The van der Waals surface area contributed by atoms with Crippen LogP contribution in [0.1, 0.15) is 24.2 Å². The summed E-state index contributed by atoms with van der Waals surface area (Å²) in [4.78, 5) is 16.6. The van der Waals surface area contributed by atoms with Crippen LogP contribution in [0.4, 0.5) is 9.52 Å². The summed E-state index contributed by atoms with van der Waals surface area (Å²) in [5, 5.41) is 0.336. The van der Waals surface area contributed by atoms with E-state index in [1.165, 1.54) is 46.0 Å². The van der Waals surface area contributed by atoms with E-state index in [1.807, 2.05) is 13.8 Å². The highest BCUT2D eigenvalue weighted by Gasteiger charge is 2.32. The first-order valence-corrected chi connectivity index (χ1v) is 11.9. The number of amides is 1. The minimum atomic E-state index is -3.68. The highest BCUT2D eigenvalue weighted by atomic mass is 32.2. The van der Waals surface area contributed by atoms with E-state index in [4.69, 9.17) is 4.74 Å². The zero-order valence-electron chi connectivity index (χ0n) is 16.8. The number of rotatable bonds is 5. The van der Waals surface area contributed by atoms with Crippen LogP contribution in [0.5, 0.6) is 0 Å². The lowest BCUT2D eigenvalue weighted by Gasteiger charge is -2.34. The molecule has 1 fully saturated rings. The molecule has 31 heavy (non-hydrogen) atoms. The third-order valence-electron chi connectivity index (χ3n) is 4.79. The number of hydrogen-bond donors (Lipinski definition) is 2. The molecule has 2 aromatic carbocycles. The summed E-state index contributed by atoms with van der Waals surface area (Å²) in [7, 11) is -3.68. The molecule has 2 atom stereocenters. The van der Waals surface area contributed by atoms with Gasteiger partial charge in [-0.15, -0.1) is 0 Å². The summed E-state index contributed by atoms with van der Waals surface area (Å²) < 4.78 is 47.2. The fourth-order valence-electron chi connectivity index (χ4n) is 3.41. The number of ether oxygens (including phenoxy) is 1. The summed E-state index contributed by atoms with van der Waals surface area (Å²) in [6.45, 7) is 4.22. The van der Waals surface area contributed by atoms with Crippen molar-refractivity contribution in [1.29, 1.82) is 0 Å². The highest BCUT2D eigenvalue weighted by molar-refractivity contribution is 7.89. The van der Waals surface area contributed by atoms with Crippen LogP contribution in [0.2, 0.25) is 0 Å². The average molecular weight is 465 g/mol. The Balaban J connectivity index is 1.43. The second kappa shape index (κ2) is 8.50. The number of benzene rings is 2. The molecule has 4 rings (SSSR count). The van der Waals surface area contributed by atoms with Gasteiger partial charge in [-0.1, -0.05) is 17.4 Å². The minimum absolute atomic E-state index is 0.111. The highest BCUT2D eigenvalue weighted by Crippen LogP contribution is 2.27. The Labute approximate surface area is 183 Å². The quantitative estimate of drug-likeness (QED) is 0.563. The number of para-hydroxylation sites is 1. The van der Waals surface area contributed by atoms with Gasteiger partial charge >= 0.3 is 0 Å². The number of hydrazine groups is 1. The molecule has 0 aliphatic carbocycles. The van der Waals surface area contributed by atoms with Crippen LogP contribution in [-0.2, 0) is 14.8 Å². The maximum atomic E-state index is 13.7. The number of fused-ring (bicyclic) bond motifs is 1.